The first-order valence-corrected chi connectivity index (χ1v) is 9.89. The van der Waals surface area contributed by atoms with Crippen LogP contribution in [0.4, 0.5) is 0 Å². The topological polar surface area (TPSA) is 76.6 Å². The molecule has 0 spiro atoms. The van der Waals surface area contributed by atoms with Gasteiger partial charge in [0.15, 0.2) is 5.69 Å². The van der Waals surface area contributed by atoms with Crippen LogP contribution in [-0.4, -0.2) is 43.4 Å². The number of nitrogens with one attached hydrogen (secondary N) is 1. The highest BCUT2D eigenvalue weighted by Gasteiger charge is 2.20. The molecule has 1 N–H and O–H groups in total. The normalized spacial score (nSPS) is 11.5. The van der Waals surface area contributed by atoms with Gasteiger partial charge < -0.3 is 14.6 Å². The average Bonchev–Trinajstić information content (AvgIpc) is 3.18. The summed E-state index contributed by atoms with van der Waals surface area (Å²) in [6.45, 7) is 1.00. The highest BCUT2D eigenvalue weighted by Crippen LogP contribution is 2.19. The minimum absolute atomic E-state index is 0.0513. The van der Waals surface area contributed by atoms with Crippen molar-refractivity contribution in [2.45, 2.75) is 13.1 Å². The molecule has 1 amide bonds. The number of pyridine rings is 1. The van der Waals surface area contributed by atoms with Crippen LogP contribution in [-0.2, 0) is 27.2 Å². The van der Waals surface area contributed by atoms with Crippen LogP contribution >= 0.6 is 11.6 Å². The summed E-state index contributed by atoms with van der Waals surface area (Å²) in [7, 11) is 6.94. The Hall–Kier alpha value is -3.10. The van der Waals surface area contributed by atoms with Gasteiger partial charge in [0.25, 0.3) is 5.91 Å². The number of carbonyl (C=O) groups is 1. The Kier molecular flexibility index (Phi) is 5.13. The molecule has 0 aliphatic heterocycles. The molecule has 0 saturated carbocycles. The molecule has 0 unspecified atom stereocenters. The van der Waals surface area contributed by atoms with Crippen LogP contribution in [0.3, 0.4) is 0 Å². The summed E-state index contributed by atoms with van der Waals surface area (Å²) < 4.78 is 5.11. The van der Waals surface area contributed by atoms with Crippen LogP contribution in [0.15, 0.2) is 41.3 Å². The van der Waals surface area contributed by atoms with Crippen molar-refractivity contribution in [3.8, 4) is 0 Å². The lowest BCUT2D eigenvalue weighted by Gasteiger charge is -2.11. The minimum atomic E-state index is -0.160. The van der Waals surface area contributed by atoms with Gasteiger partial charge >= 0.3 is 5.69 Å². The third-order valence-electron chi connectivity index (χ3n) is 5.25. The van der Waals surface area contributed by atoms with E-state index in [4.69, 9.17) is 11.6 Å². The van der Waals surface area contributed by atoms with Crippen LogP contribution < -0.4 is 11.0 Å². The predicted octanol–water partition coefficient (Wildman–Crippen LogP) is 2.17. The Morgan fingerprint density at radius 3 is 2.57 bits per heavy atom. The zero-order valence-electron chi connectivity index (χ0n) is 17.3. The molecule has 0 atom stereocenters. The third-order valence-corrected chi connectivity index (χ3v) is 5.47. The SMILES string of the molecule is CN(C)C(=O)c1nc2ccc(Cl)cn2c1CNCc1ccc2c(c1)n(C)c(=O)n2C. The Morgan fingerprint density at radius 2 is 1.83 bits per heavy atom. The third kappa shape index (κ3) is 3.38. The molecule has 0 radical (unpaired) electrons. The lowest BCUT2D eigenvalue weighted by molar-refractivity contribution is 0.0821. The first-order valence-electron chi connectivity index (χ1n) is 9.51. The summed E-state index contributed by atoms with van der Waals surface area (Å²) in [5, 5.41) is 3.96. The molecule has 4 rings (SSSR count). The quantitative estimate of drug-likeness (QED) is 0.530. The zero-order valence-corrected chi connectivity index (χ0v) is 18.1. The summed E-state index contributed by atoms with van der Waals surface area (Å²) in [6, 6.07) is 9.49. The summed E-state index contributed by atoms with van der Waals surface area (Å²) in [5.41, 5.74) is 4.58. The highest BCUT2D eigenvalue weighted by atomic mass is 35.5. The van der Waals surface area contributed by atoms with Gasteiger partial charge in [-0.1, -0.05) is 17.7 Å². The van der Waals surface area contributed by atoms with Crippen LogP contribution in [0, 0.1) is 0 Å². The van der Waals surface area contributed by atoms with Crippen molar-refractivity contribution < 1.29 is 4.79 Å². The maximum atomic E-state index is 12.6. The Morgan fingerprint density at radius 1 is 1.10 bits per heavy atom. The van der Waals surface area contributed by atoms with Gasteiger partial charge in [0, 0.05) is 47.5 Å². The highest BCUT2D eigenvalue weighted by molar-refractivity contribution is 6.30. The molecular weight excluding hydrogens is 404 g/mol. The van der Waals surface area contributed by atoms with Crippen molar-refractivity contribution in [3.05, 3.63) is 69.0 Å². The van der Waals surface area contributed by atoms with Gasteiger partial charge in [0.2, 0.25) is 0 Å². The molecule has 0 bridgehead atoms. The summed E-state index contributed by atoms with van der Waals surface area (Å²) in [6.07, 6.45) is 1.76. The average molecular weight is 427 g/mol. The van der Waals surface area contributed by atoms with E-state index in [-0.39, 0.29) is 11.6 Å². The van der Waals surface area contributed by atoms with E-state index in [0.29, 0.717) is 29.5 Å². The van der Waals surface area contributed by atoms with Crippen molar-refractivity contribution in [3.63, 3.8) is 0 Å². The second kappa shape index (κ2) is 7.62. The van der Waals surface area contributed by atoms with E-state index in [1.165, 1.54) is 4.90 Å². The number of aromatic nitrogens is 4. The maximum Gasteiger partial charge on any atom is 0.328 e. The van der Waals surface area contributed by atoms with Crippen molar-refractivity contribution in [2.75, 3.05) is 14.1 Å². The molecule has 156 valence electrons. The van der Waals surface area contributed by atoms with E-state index in [9.17, 15) is 9.59 Å². The molecule has 0 aliphatic rings. The minimum Gasteiger partial charge on any atom is -0.343 e. The van der Waals surface area contributed by atoms with E-state index in [1.54, 1.807) is 55.7 Å². The van der Waals surface area contributed by atoms with E-state index in [2.05, 4.69) is 10.3 Å². The lowest BCUT2D eigenvalue weighted by Crippen LogP contribution is -2.25. The molecule has 3 aromatic heterocycles. The first-order chi connectivity index (χ1) is 14.3. The number of imidazole rings is 2. The Labute approximate surface area is 178 Å². The fourth-order valence-corrected chi connectivity index (χ4v) is 3.77. The number of halogens is 1. The van der Waals surface area contributed by atoms with Gasteiger partial charge in [-0.3, -0.25) is 13.9 Å². The van der Waals surface area contributed by atoms with Crippen molar-refractivity contribution >= 4 is 34.2 Å². The van der Waals surface area contributed by atoms with Gasteiger partial charge in [0.05, 0.1) is 21.7 Å². The predicted molar refractivity (Wildman–Crippen MR) is 117 cm³/mol. The van der Waals surface area contributed by atoms with E-state index in [1.807, 2.05) is 22.6 Å². The van der Waals surface area contributed by atoms with Gasteiger partial charge in [-0.2, -0.15) is 0 Å². The molecule has 8 nitrogen and oxygen atoms in total. The molecule has 4 aromatic rings. The largest absolute Gasteiger partial charge is 0.343 e. The van der Waals surface area contributed by atoms with Crippen molar-refractivity contribution in [1.29, 1.82) is 0 Å². The number of benzene rings is 1. The van der Waals surface area contributed by atoms with Crippen molar-refractivity contribution in [1.82, 2.24) is 28.7 Å². The monoisotopic (exact) mass is 426 g/mol. The molecule has 3 heterocycles. The number of hydrogen-bond donors (Lipinski definition) is 1. The van der Waals surface area contributed by atoms with Gasteiger partial charge in [-0.15, -0.1) is 0 Å². The number of amides is 1. The Balaban J connectivity index is 1.62. The van der Waals surface area contributed by atoms with Gasteiger partial charge in [-0.25, -0.2) is 9.78 Å². The van der Waals surface area contributed by atoms with E-state index in [0.717, 1.165) is 22.3 Å². The first kappa shape index (κ1) is 20.2. The Bertz CT molecular complexity index is 1330. The van der Waals surface area contributed by atoms with Crippen LogP contribution in [0.2, 0.25) is 5.02 Å². The van der Waals surface area contributed by atoms with Crippen LogP contribution in [0.25, 0.3) is 16.7 Å². The zero-order chi connectivity index (χ0) is 21.6. The smallest absolute Gasteiger partial charge is 0.328 e. The summed E-state index contributed by atoms with van der Waals surface area (Å²) in [4.78, 5) is 30.8. The molecular formula is C21H23ClN6O2. The number of nitrogens with zero attached hydrogens (tertiary/aromatic N) is 5. The lowest BCUT2D eigenvalue weighted by atomic mass is 10.2. The number of fused-ring (bicyclic) bond motifs is 2. The second-order valence-electron chi connectivity index (χ2n) is 7.51. The summed E-state index contributed by atoms with van der Waals surface area (Å²) >= 11 is 6.16. The fraction of sp³-hybridized carbons (Fsp3) is 0.286. The molecule has 30 heavy (non-hydrogen) atoms. The number of carbonyl (C=O) groups excluding carboxylic acids is 1. The number of aryl methyl sites for hydroxylation is 2. The maximum absolute atomic E-state index is 12.6. The van der Waals surface area contributed by atoms with Crippen LogP contribution in [0.5, 0.6) is 0 Å². The van der Waals surface area contributed by atoms with Crippen molar-refractivity contribution in [2.24, 2.45) is 14.1 Å². The molecule has 0 fully saturated rings. The molecule has 1 aromatic carbocycles. The fourth-order valence-electron chi connectivity index (χ4n) is 3.61. The number of rotatable bonds is 5. The van der Waals surface area contributed by atoms with Crippen LogP contribution in [0.1, 0.15) is 21.7 Å². The van der Waals surface area contributed by atoms with Gasteiger partial charge in [-0.05, 0) is 29.8 Å². The number of hydrogen-bond acceptors (Lipinski definition) is 4. The molecule has 0 aliphatic carbocycles. The van der Waals surface area contributed by atoms with E-state index < -0.39 is 0 Å². The standard InChI is InChI=1S/C21H23ClN6O2/c1-25(2)20(29)19-17(28-12-14(22)6-8-18(28)24-19)11-23-10-13-5-7-15-16(9-13)27(4)21(30)26(15)3/h5-9,12,23H,10-11H2,1-4H3. The van der Waals surface area contributed by atoms with E-state index >= 15 is 0 Å². The second-order valence-corrected chi connectivity index (χ2v) is 7.95. The molecule has 9 heteroatoms. The molecule has 0 saturated heterocycles. The summed E-state index contributed by atoms with van der Waals surface area (Å²) in [5.74, 6) is -0.160. The van der Waals surface area contributed by atoms with Gasteiger partial charge in [0.1, 0.15) is 5.65 Å².